The second-order valence-corrected chi connectivity index (χ2v) is 11.6. The van der Waals surface area contributed by atoms with Gasteiger partial charge in [0.2, 0.25) is 5.91 Å². The third-order valence-electron chi connectivity index (χ3n) is 7.71. The summed E-state index contributed by atoms with van der Waals surface area (Å²) in [6.07, 6.45) is 6.62. The average molecular weight is 574 g/mol. The Morgan fingerprint density at radius 1 is 1.07 bits per heavy atom. The molecule has 1 aromatic carbocycles. The molecular formula is C30H35N7O3S. The number of thiophene rings is 1. The van der Waals surface area contributed by atoms with Crippen molar-refractivity contribution in [2.24, 2.45) is 0 Å². The minimum atomic E-state index is 0.0839. The summed E-state index contributed by atoms with van der Waals surface area (Å²) in [5, 5.41) is 8.28. The number of hydrogen-bond acceptors (Lipinski definition) is 9. The van der Waals surface area contributed by atoms with Gasteiger partial charge in [0.05, 0.1) is 35.1 Å². The molecule has 6 rings (SSSR count). The summed E-state index contributed by atoms with van der Waals surface area (Å²) in [4.78, 5) is 42.4. The van der Waals surface area contributed by atoms with Crippen molar-refractivity contribution in [2.45, 2.75) is 32.7 Å². The number of ketones is 1. The molecule has 0 radical (unpaired) electrons. The van der Waals surface area contributed by atoms with Gasteiger partial charge in [0.15, 0.2) is 17.4 Å². The zero-order valence-corrected chi connectivity index (χ0v) is 24.2. The van der Waals surface area contributed by atoms with Crippen molar-refractivity contribution in [1.82, 2.24) is 30.0 Å². The van der Waals surface area contributed by atoms with Crippen molar-refractivity contribution < 1.29 is 14.3 Å². The predicted molar refractivity (Wildman–Crippen MR) is 161 cm³/mol. The van der Waals surface area contributed by atoms with Crippen LogP contribution in [0.2, 0.25) is 0 Å². The summed E-state index contributed by atoms with van der Waals surface area (Å²) >= 11 is 1.76. The van der Waals surface area contributed by atoms with Crippen LogP contribution in [0.3, 0.4) is 0 Å². The van der Waals surface area contributed by atoms with Gasteiger partial charge in [0.25, 0.3) is 0 Å². The van der Waals surface area contributed by atoms with Gasteiger partial charge in [0.1, 0.15) is 0 Å². The number of anilines is 1. The summed E-state index contributed by atoms with van der Waals surface area (Å²) in [7, 11) is 0. The van der Waals surface area contributed by atoms with E-state index in [4.69, 9.17) is 14.7 Å². The fourth-order valence-electron chi connectivity index (χ4n) is 5.53. The van der Waals surface area contributed by atoms with Crippen LogP contribution in [0.1, 0.15) is 31.1 Å². The Hall–Kier alpha value is -3.67. The van der Waals surface area contributed by atoms with Gasteiger partial charge in [-0.2, -0.15) is 5.10 Å². The van der Waals surface area contributed by atoms with E-state index in [2.05, 4.69) is 32.1 Å². The van der Waals surface area contributed by atoms with Crippen LogP contribution in [0.25, 0.3) is 32.5 Å². The molecule has 0 atom stereocenters. The molecule has 1 amide bonds. The highest BCUT2D eigenvalue weighted by Gasteiger charge is 2.24. The second-order valence-electron chi connectivity index (χ2n) is 10.5. The van der Waals surface area contributed by atoms with Crippen molar-refractivity contribution in [3.05, 3.63) is 47.5 Å². The minimum Gasteiger partial charge on any atom is -0.378 e. The summed E-state index contributed by atoms with van der Waals surface area (Å²) in [5.41, 5.74) is 2.88. The Balaban J connectivity index is 1.17. The maximum Gasteiger partial charge on any atom is 0.222 e. The van der Waals surface area contributed by atoms with Crippen molar-refractivity contribution in [1.29, 1.82) is 0 Å². The van der Waals surface area contributed by atoms with Crippen LogP contribution in [-0.2, 0) is 20.9 Å². The smallest absolute Gasteiger partial charge is 0.222 e. The Bertz CT molecular complexity index is 1560. The molecule has 10 nitrogen and oxygen atoms in total. The largest absolute Gasteiger partial charge is 0.378 e. The first-order valence-corrected chi connectivity index (χ1v) is 15.1. The number of amides is 1. The zero-order valence-electron chi connectivity index (χ0n) is 23.3. The van der Waals surface area contributed by atoms with Gasteiger partial charge in [0, 0.05) is 74.5 Å². The SMILES string of the molecule is C/C=C/C(=O)CCCC(=O)N1CCN(Cc2cc3nc(-c4cccc5[nH]ncc45)nc(N4CCOCC4)c3s2)CC1. The van der Waals surface area contributed by atoms with E-state index < -0.39 is 0 Å². The van der Waals surface area contributed by atoms with Crippen LogP contribution in [0.4, 0.5) is 5.82 Å². The molecule has 214 valence electrons. The lowest BCUT2D eigenvalue weighted by molar-refractivity contribution is -0.133. The molecule has 5 heterocycles. The van der Waals surface area contributed by atoms with Gasteiger partial charge in [-0.15, -0.1) is 11.3 Å². The molecule has 0 saturated carbocycles. The van der Waals surface area contributed by atoms with E-state index in [0.717, 1.165) is 65.2 Å². The lowest BCUT2D eigenvalue weighted by atomic mass is 10.1. The number of fused-ring (bicyclic) bond motifs is 2. The van der Waals surface area contributed by atoms with E-state index in [-0.39, 0.29) is 11.7 Å². The van der Waals surface area contributed by atoms with Gasteiger partial charge in [-0.25, -0.2) is 9.97 Å². The predicted octanol–water partition coefficient (Wildman–Crippen LogP) is 4.03. The number of carbonyl (C=O) groups is 2. The number of morpholine rings is 1. The molecule has 11 heteroatoms. The molecule has 4 aromatic rings. The van der Waals surface area contributed by atoms with Crippen LogP contribution in [0, 0.1) is 0 Å². The number of ether oxygens (including phenoxy) is 1. The summed E-state index contributed by atoms with van der Waals surface area (Å²) in [5.74, 6) is 1.90. The lowest BCUT2D eigenvalue weighted by Crippen LogP contribution is -2.48. The molecule has 0 spiro atoms. The Morgan fingerprint density at radius 3 is 2.71 bits per heavy atom. The number of carbonyl (C=O) groups excluding carboxylic acids is 2. The van der Waals surface area contributed by atoms with Crippen LogP contribution in [-0.4, -0.2) is 94.1 Å². The van der Waals surface area contributed by atoms with Crippen molar-refractivity contribution in [2.75, 3.05) is 57.4 Å². The monoisotopic (exact) mass is 573 g/mol. The lowest BCUT2D eigenvalue weighted by Gasteiger charge is -2.34. The number of benzene rings is 1. The number of hydrogen-bond donors (Lipinski definition) is 1. The maximum atomic E-state index is 12.7. The van der Waals surface area contributed by atoms with E-state index >= 15 is 0 Å². The van der Waals surface area contributed by atoms with Crippen LogP contribution >= 0.6 is 11.3 Å². The zero-order chi connectivity index (χ0) is 28.2. The van der Waals surface area contributed by atoms with E-state index in [1.165, 1.54) is 4.88 Å². The van der Waals surface area contributed by atoms with E-state index in [0.29, 0.717) is 51.4 Å². The Labute approximate surface area is 243 Å². The van der Waals surface area contributed by atoms with Gasteiger partial charge in [-0.3, -0.25) is 19.6 Å². The number of rotatable bonds is 9. The number of nitrogens with zero attached hydrogens (tertiary/aromatic N) is 6. The van der Waals surface area contributed by atoms with Crippen molar-refractivity contribution in [3.63, 3.8) is 0 Å². The quantitative estimate of drug-likeness (QED) is 0.299. The molecule has 2 fully saturated rings. The number of aromatic nitrogens is 4. The second kappa shape index (κ2) is 12.5. The summed E-state index contributed by atoms with van der Waals surface area (Å²) < 4.78 is 6.73. The number of aromatic amines is 1. The van der Waals surface area contributed by atoms with E-state index in [1.54, 1.807) is 23.5 Å². The fourth-order valence-corrected chi connectivity index (χ4v) is 6.69. The number of nitrogens with one attached hydrogen (secondary N) is 1. The molecule has 0 aliphatic carbocycles. The van der Waals surface area contributed by atoms with Gasteiger partial charge in [-0.1, -0.05) is 18.2 Å². The number of piperazine rings is 1. The highest BCUT2D eigenvalue weighted by molar-refractivity contribution is 7.19. The van der Waals surface area contributed by atoms with E-state index in [9.17, 15) is 9.59 Å². The van der Waals surface area contributed by atoms with Crippen LogP contribution < -0.4 is 4.90 Å². The molecule has 2 saturated heterocycles. The number of H-pyrrole nitrogens is 1. The molecule has 0 bridgehead atoms. The molecule has 41 heavy (non-hydrogen) atoms. The first-order chi connectivity index (χ1) is 20.1. The van der Waals surface area contributed by atoms with Crippen LogP contribution in [0.5, 0.6) is 0 Å². The highest BCUT2D eigenvalue weighted by atomic mass is 32.1. The van der Waals surface area contributed by atoms with Crippen molar-refractivity contribution >= 4 is 50.0 Å². The van der Waals surface area contributed by atoms with Gasteiger partial charge < -0.3 is 14.5 Å². The van der Waals surface area contributed by atoms with Gasteiger partial charge in [-0.05, 0) is 31.6 Å². The molecular weight excluding hydrogens is 538 g/mol. The normalized spacial score (nSPS) is 16.8. The highest BCUT2D eigenvalue weighted by Crippen LogP contribution is 2.36. The maximum absolute atomic E-state index is 12.7. The topological polar surface area (TPSA) is 108 Å². The summed E-state index contributed by atoms with van der Waals surface area (Å²) in [6, 6.07) is 8.26. The van der Waals surface area contributed by atoms with Gasteiger partial charge >= 0.3 is 0 Å². The minimum absolute atomic E-state index is 0.0839. The molecule has 0 unspecified atom stereocenters. The molecule has 3 aromatic heterocycles. The Kier molecular flexibility index (Phi) is 8.36. The average Bonchev–Trinajstić information content (AvgIpc) is 3.64. The third-order valence-corrected chi connectivity index (χ3v) is 8.82. The third kappa shape index (κ3) is 6.17. The first-order valence-electron chi connectivity index (χ1n) is 14.3. The standard InChI is InChI=1S/C30H35N7O3S/c1-2-5-21(38)6-3-9-27(39)36-12-10-35(11-13-36)20-22-18-26-28(41-22)30(37-14-16-40-17-15-37)33-29(32-26)23-7-4-8-25-24(23)19-31-34-25/h2,4-5,7-8,18-19H,3,6,9-17,20H2,1H3,(H,31,34)/b5-2+. The molecule has 1 N–H and O–H groups in total. The number of allylic oxidation sites excluding steroid dienone is 2. The molecule has 2 aliphatic rings. The summed E-state index contributed by atoms with van der Waals surface area (Å²) in [6.45, 7) is 8.70. The fraction of sp³-hybridized carbons (Fsp3) is 0.433. The van der Waals surface area contributed by atoms with Crippen LogP contribution in [0.15, 0.2) is 42.6 Å². The first kappa shape index (κ1) is 27.5. The molecule has 2 aliphatic heterocycles. The van der Waals surface area contributed by atoms with E-state index in [1.807, 2.05) is 30.2 Å². The Morgan fingerprint density at radius 2 is 1.90 bits per heavy atom. The van der Waals surface area contributed by atoms with Crippen molar-refractivity contribution in [3.8, 4) is 11.4 Å².